The molecule has 2 aromatic rings. The van der Waals surface area contributed by atoms with E-state index in [9.17, 15) is 31.9 Å². The molecule has 0 radical (unpaired) electrons. The first-order valence-electron chi connectivity index (χ1n) is 12.8. The summed E-state index contributed by atoms with van der Waals surface area (Å²) in [7, 11) is 0. The normalized spacial score (nSPS) is 18.0. The first-order valence-corrected chi connectivity index (χ1v) is 12.8. The van der Waals surface area contributed by atoms with Gasteiger partial charge in [-0.1, -0.05) is 0 Å². The summed E-state index contributed by atoms with van der Waals surface area (Å²) in [6, 6.07) is 4.48. The number of benzene rings is 2. The average Bonchev–Trinajstić information content (AvgIpc) is 3.26. The van der Waals surface area contributed by atoms with Gasteiger partial charge in [0.2, 0.25) is 5.91 Å². The van der Waals surface area contributed by atoms with Gasteiger partial charge in [0.25, 0.3) is 5.91 Å². The van der Waals surface area contributed by atoms with E-state index in [-0.39, 0.29) is 44.1 Å². The Labute approximate surface area is 224 Å². The number of rotatable bonds is 5. The van der Waals surface area contributed by atoms with Gasteiger partial charge in [-0.2, -0.15) is 0 Å². The second kappa shape index (κ2) is 11.2. The fraction of sp³-hybridized carbons (Fsp3) is 0.464. The van der Waals surface area contributed by atoms with Crippen molar-refractivity contribution >= 4 is 17.9 Å². The van der Waals surface area contributed by atoms with Crippen LogP contribution >= 0.6 is 0 Å². The predicted octanol–water partition coefficient (Wildman–Crippen LogP) is 4.54. The van der Waals surface area contributed by atoms with Crippen molar-refractivity contribution in [2.45, 2.75) is 57.6 Å². The molecular weight excluding hydrogens is 518 g/mol. The zero-order valence-corrected chi connectivity index (χ0v) is 22.0. The molecule has 0 saturated carbocycles. The van der Waals surface area contributed by atoms with E-state index in [0.717, 1.165) is 24.3 Å². The number of halogens is 4. The van der Waals surface area contributed by atoms with Crippen molar-refractivity contribution in [2.24, 2.45) is 0 Å². The lowest BCUT2D eigenvalue weighted by atomic mass is 9.90. The minimum atomic E-state index is -1.12. The summed E-state index contributed by atoms with van der Waals surface area (Å²) in [5.74, 6) is -5.29. The van der Waals surface area contributed by atoms with Crippen LogP contribution in [0, 0.1) is 23.3 Å². The maximum Gasteiger partial charge on any atom is 0.407 e. The third-order valence-corrected chi connectivity index (χ3v) is 6.97. The Bertz CT molecular complexity index is 1270. The molecule has 4 rings (SSSR count). The number of carbonyl (C=O) groups excluding carboxylic acids is 3. The second-order valence-electron chi connectivity index (χ2n) is 10.9. The molecule has 1 aliphatic heterocycles. The average molecular weight is 550 g/mol. The zero-order valence-electron chi connectivity index (χ0n) is 22.0. The van der Waals surface area contributed by atoms with Crippen LogP contribution in [0.3, 0.4) is 0 Å². The van der Waals surface area contributed by atoms with Crippen molar-refractivity contribution in [3.63, 3.8) is 0 Å². The highest BCUT2D eigenvalue weighted by Gasteiger charge is 2.36. The van der Waals surface area contributed by atoms with Crippen LogP contribution in [0.2, 0.25) is 0 Å². The molecule has 1 N–H and O–H groups in total. The van der Waals surface area contributed by atoms with E-state index in [2.05, 4.69) is 5.32 Å². The molecular formula is C28H31F4N3O4. The molecule has 210 valence electrons. The van der Waals surface area contributed by atoms with Gasteiger partial charge < -0.3 is 19.9 Å². The summed E-state index contributed by atoms with van der Waals surface area (Å²) in [4.78, 5) is 41.6. The Balaban J connectivity index is 1.44. The van der Waals surface area contributed by atoms with Crippen molar-refractivity contribution in [2.75, 3.05) is 26.2 Å². The standard InChI is InChI=1S/C28H31F4N3O4/c1-28(2,3)39-27(38)33-24(18-6-4-16-12-22(31)23(32)14-19(16)18)15-25(36)34-8-10-35(11-9-34)26(37)17-5-7-20(29)21(30)13-17/h5,7,12-14,18,24H,4,6,8-11,15H2,1-3H3,(H,33,38). The molecule has 2 unspecified atom stereocenters. The molecule has 7 nitrogen and oxygen atoms in total. The minimum Gasteiger partial charge on any atom is -0.444 e. The lowest BCUT2D eigenvalue weighted by Gasteiger charge is -2.36. The van der Waals surface area contributed by atoms with Crippen molar-refractivity contribution in [1.82, 2.24) is 15.1 Å². The quantitative estimate of drug-likeness (QED) is 0.556. The number of hydrogen-bond acceptors (Lipinski definition) is 4. The second-order valence-corrected chi connectivity index (χ2v) is 10.9. The largest absolute Gasteiger partial charge is 0.444 e. The number of hydrogen-bond donors (Lipinski definition) is 1. The lowest BCUT2D eigenvalue weighted by molar-refractivity contribution is -0.133. The zero-order chi connectivity index (χ0) is 28.5. The van der Waals surface area contributed by atoms with E-state index < -0.39 is 52.8 Å². The Hall–Kier alpha value is -3.63. The van der Waals surface area contributed by atoms with Gasteiger partial charge in [0.05, 0.1) is 0 Å². The third-order valence-electron chi connectivity index (χ3n) is 6.97. The van der Waals surface area contributed by atoms with Gasteiger partial charge >= 0.3 is 6.09 Å². The number of fused-ring (bicyclic) bond motifs is 1. The number of nitrogens with one attached hydrogen (secondary N) is 1. The summed E-state index contributed by atoms with van der Waals surface area (Å²) >= 11 is 0. The van der Waals surface area contributed by atoms with E-state index in [0.29, 0.717) is 24.0 Å². The minimum absolute atomic E-state index is 0.0128. The van der Waals surface area contributed by atoms with Crippen LogP contribution in [-0.4, -0.2) is 65.5 Å². The van der Waals surface area contributed by atoms with Crippen molar-refractivity contribution in [1.29, 1.82) is 0 Å². The summed E-state index contributed by atoms with van der Waals surface area (Å²) in [5, 5.41) is 2.76. The number of aryl methyl sites for hydroxylation is 1. The molecule has 2 atom stereocenters. The summed E-state index contributed by atoms with van der Waals surface area (Å²) in [6.45, 7) is 5.89. The monoisotopic (exact) mass is 549 g/mol. The molecule has 1 heterocycles. The molecule has 0 spiro atoms. The lowest BCUT2D eigenvalue weighted by Crippen LogP contribution is -2.52. The number of amides is 3. The topological polar surface area (TPSA) is 79.0 Å². The van der Waals surface area contributed by atoms with E-state index >= 15 is 0 Å². The highest BCUT2D eigenvalue weighted by Crippen LogP contribution is 2.38. The maximum absolute atomic E-state index is 14.1. The van der Waals surface area contributed by atoms with Crippen molar-refractivity contribution < 1.29 is 36.7 Å². The first-order chi connectivity index (χ1) is 18.3. The van der Waals surface area contributed by atoms with Crippen LogP contribution in [0.5, 0.6) is 0 Å². The summed E-state index contributed by atoms with van der Waals surface area (Å²) < 4.78 is 60.0. The number of nitrogens with zero attached hydrogens (tertiary/aromatic N) is 2. The van der Waals surface area contributed by atoms with E-state index in [4.69, 9.17) is 4.74 Å². The molecule has 1 saturated heterocycles. The fourth-order valence-corrected chi connectivity index (χ4v) is 5.09. The van der Waals surface area contributed by atoms with Crippen LogP contribution in [0.25, 0.3) is 0 Å². The van der Waals surface area contributed by atoms with Gasteiger partial charge in [0, 0.05) is 50.1 Å². The maximum atomic E-state index is 14.1. The van der Waals surface area contributed by atoms with E-state index in [1.807, 2.05) is 0 Å². The molecule has 0 aromatic heterocycles. The van der Waals surface area contributed by atoms with Crippen LogP contribution in [-0.2, 0) is 16.0 Å². The molecule has 11 heteroatoms. The van der Waals surface area contributed by atoms with Crippen LogP contribution in [0.15, 0.2) is 30.3 Å². The van der Waals surface area contributed by atoms with Gasteiger partial charge in [-0.25, -0.2) is 22.4 Å². The smallest absolute Gasteiger partial charge is 0.407 e. The number of carbonyl (C=O) groups is 3. The van der Waals surface area contributed by atoms with Gasteiger partial charge in [-0.05, 0) is 75.1 Å². The van der Waals surface area contributed by atoms with E-state index in [1.54, 1.807) is 25.7 Å². The summed E-state index contributed by atoms with van der Waals surface area (Å²) in [5.41, 5.74) is 0.410. The Morgan fingerprint density at radius 3 is 2.18 bits per heavy atom. The number of ether oxygens (including phenoxy) is 1. The van der Waals surface area contributed by atoms with Gasteiger partial charge in [-0.3, -0.25) is 9.59 Å². The molecule has 3 amide bonds. The van der Waals surface area contributed by atoms with Gasteiger partial charge in [0.15, 0.2) is 23.3 Å². The molecule has 2 aromatic carbocycles. The van der Waals surface area contributed by atoms with Crippen LogP contribution in [0.4, 0.5) is 22.4 Å². The third kappa shape index (κ3) is 6.69. The molecule has 1 aliphatic carbocycles. The van der Waals surface area contributed by atoms with Crippen LogP contribution < -0.4 is 5.32 Å². The number of piperazine rings is 1. The number of alkyl carbamates (subject to hydrolysis) is 1. The summed E-state index contributed by atoms with van der Waals surface area (Å²) in [6.07, 6.45) is 0.128. The first kappa shape index (κ1) is 28.4. The highest BCUT2D eigenvalue weighted by atomic mass is 19.2. The molecule has 2 aliphatic rings. The predicted molar refractivity (Wildman–Crippen MR) is 134 cm³/mol. The van der Waals surface area contributed by atoms with Gasteiger partial charge in [0.1, 0.15) is 5.60 Å². The molecule has 39 heavy (non-hydrogen) atoms. The Morgan fingerprint density at radius 2 is 1.54 bits per heavy atom. The van der Waals surface area contributed by atoms with Crippen LogP contribution in [0.1, 0.15) is 61.0 Å². The Kier molecular flexibility index (Phi) is 8.17. The fourth-order valence-electron chi connectivity index (χ4n) is 5.09. The van der Waals surface area contributed by atoms with Gasteiger partial charge in [-0.15, -0.1) is 0 Å². The molecule has 1 fully saturated rings. The highest BCUT2D eigenvalue weighted by molar-refractivity contribution is 5.94. The Morgan fingerprint density at radius 1 is 0.923 bits per heavy atom. The van der Waals surface area contributed by atoms with E-state index in [1.165, 1.54) is 11.0 Å². The molecule has 0 bridgehead atoms. The van der Waals surface area contributed by atoms with Crippen molar-refractivity contribution in [3.8, 4) is 0 Å². The van der Waals surface area contributed by atoms with Crippen molar-refractivity contribution in [3.05, 3.63) is 70.3 Å². The SMILES string of the molecule is CC(C)(C)OC(=O)NC(CC(=O)N1CCN(C(=O)c2ccc(F)c(F)c2)CC1)C1CCc2cc(F)c(F)cc21.